The predicted molar refractivity (Wildman–Crippen MR) is 79.8 cm³/mol. The summed E-state index contributed by atoms with van der Waals surface area (Å²) < 4.78 is 5.57. The summed E-state index contributed by atoms with van der Waals surface area (Å²) >= 11 is 0. The average molecular weight is 287 g/mol. The first-order valence-electron chi connectivity index (χ1n) is 7.34. The van der Waals surface area contributed by atoms with Crippen LogP contribution in [0.25, 0.3) is 0 Å². The first kappa shape index (κ1) is 14.1. The maximum Gasteiger partial charge on any atom is 0.313 e. The zero-order chi connectivity index (χ0) is 15.5. The van der Waals surface area contributed by atoms with Crippen molar-refractivity contribution in [1.82, 2.24) is 0 Å². The fraction of sp³-hybridized carbons (Fsp3) is 0.529. The summed E-state index contributed by atoms with van der Waals surface area (Å²) in [6.07, 6.45) is 1.28. The Morgan fingerprint density at radius 2 is 1.76 bits per heavy atom. The Balaban J connectivity index is 1.91. The van der Waals surface area contributed by atoms with E-state index in [1.54, 1.807) is 0 Å². The van der Waals surface area contributed by atoms with Gasteiger partial charge in [0.2, 0.25) is 0 Å². The highest BCUT2D eigenvalue weighted by molar-refractivity contribution is 6.03. The quantitative estimate of drug-likeness (QED) is 0.851. The van der Waals surface area contributed by atoms with Crippen LogP contribution in [0, 0.1) is 17.8 Å². The summed E-state index contributed by atoms with van der Waals surface area (Å²) in [5.74, 6) is -0.469. The van der Waals surface area contributed by atoms with Crippen LogP contribution in [0.3, 0.4) is 0 Å². The highest BCUT2D eigenvalue weighted by Gasteiger charge is 2.75. The molecule has 1 aromatic carbocycles. The fourth-order valence-electron chi connectivity index (χ4n) is 3.62. The topological polar surface area (TPSA) is 55.4 Å². The van der Waals surface area contributed by atoms with Crippen LogP contribution in [0.15, 0.2) is 24.3 Å². The van der Waals surface area contributed by atoms with E-state index in [1.807, 2.05) is 52.0 Å². The molecule has 3 rings (SSSR count). The third-order valence-electron chi connectivity index (χ3n) is 5.76. The van der Waals surface area contributed by atoms with Gasteiger partial charge in [-0.2, -0.15) is 0 Å². The number of amides is 1. The molecular weight excluding hydrogens is 266 g/mol. The van der Waals surface area contributed by atoms with E-state index >= 15 is 0 Å². The number of nitrogens with one attached hydrogen (secondary N) is 1. The van der Waals surface area contributed by atoms with Gasteiger partial charge in [0, 0.05) is 11.1 Å². The van der Waals surface area contributed by atoms with Gasteiger partial charge in [0.15, 0.2) is 5.60 Å². The van der Waals surface area contributed by atoms with Crippen LogP contribution in [0.4, 0.5) is 5.69 Å². The minimum absolute atomic E-state index is 0.217. The smallest absolute Gasteiger partial charge is 0.313 e. The molecule has 0 spiro atoms. The summed E-state index contributed by atoms with van der Waals surface area (Å²) in [6.45, 7) is 7.82. The first-order valence-corrected chi connectivity index (χ1v) is 7.34. The SMILES string of the molecule is Cc1ccc(NC(=O)[C@]23CC[C@](C)(C(=O)O2)C3(C)C)cc1. The molecule has 112 valence electrons. The number of aryl methyl sites for hydroxylation is 1. The number of benzene rings is 1. The summed E-state index contributed by atoms with van der Waals surface area (Å²) in [4.78, 5) is 25.0. The molecule has 1 saturated carbocycles. The molecule has 4 heteroatoms. The third-order valence-corrected chi connectivity index (χ3v) is 5.76. The van der Waals surface area contributed by atoms with E-state index in [1.165, 1.54) is 0 Å². The standard InChI is InChI=1S/C17H21NO3/c1-11-5-7-12(8-6-11)18-13(19)17-10-9-16(4,14(20)21-17)15(17,2)3/h5-8H,9-10H2,1-4H3,(H,18,19)/t16-,17+/m1/s1. The molecule has 1 amide bonds. The van der Waals surface area contributed by atoms with Crippen LogP contribution in [0.2, 0.25) is 0 Å². The van der Waals surface area contributed by atoms with Gasteiger partial charge in [-0.15, -0.1) is 0 Å². The van der Waals surface area contributed by atoms with Crippen molar-refractivity contribution >= 4 is 17.6 Å². The minimum atomic E-state index is -1.05. The Kier molecular flexibility index (Phi) is 2.75. The Hall–Kier alpha value is -1.84. The van der Waals surface area contributed by atoms with Crippen molar-refractivity contribution in [2.75, 3.05) is 5.32 Å². The highest BCUT2D eigenvalue weighted by Crippen LogP contribution is 2.65. The Bertz CT molecular complexity index is 619. The molecule has 21 heavy (non-hydrogen) atoms. The number of anilines is 1. The molecule has 2 atom stereocenters. The number of hydrogen-bond donors (Lipinski definition) is 1. The fourth-order valence-corrected chi connectivity index (χ4v) is 3.62. The Morgan fingerprint density at radius 3 is 2.24 bits per heavy atom. The number of esters is 1. The van der Waals surface area contributed by atoms with E-state index in [9.17, 15) is 9.59 Å². The van der Waals surface area contributed by atoms with Crippen LogP contribution in [-0.4, -0.2) is 17.5 Å². The maximum absolute atomic E-state index is 12.8. The first-order chi connectivity index (χ1) is 9.73. The molecule has 2 bridgehead atoms. The van der Waals surface area contributed by atoms with E-state index in [0.29, 0.717) is 12.8 Å². The van der Waals surface area contributed by atoms with Crippen LogP contribution in [0.5, 0.6) is 0 Å². The van der Waals surface area contributed by atoms with E-state index in [2.05, 4.69) is 5.32 Å². The van der Waals surface area contributed by atoms with Gasteiger partial charge in [-0.25, -0.2) is 0 Å². The molecular formula is C17H21NO3. The molecule has 1 N–H and O–H groups in total. The Morgan fingerprint density at radius 1 is 1.14 bits per heavy atom. The number of ether oxygens (including phenoxy) is 1. The Labute approximate surface area is 124 Å². The number of carbonyl (C=O) groups is 2. The van der Waals surface area contributed by atoms with E-state index in [0.717, 1.165) is 11.3 Å². The lowest BCUT2D eigenvalue weighted by Gasteiger charge is -2.35. The lowest BCUT2D eigenvalue weighted by molar-refractivity contribution is -0.165. The molecule has 2 aliphatic rings. The second kappa shape index (κ2) is 4.09. The second-order valence-corrected chi connectivity index (χ2v) is 6.99. The van der Waals surface area contributed by atoms with Crippen molar-refractivity contribution in [3.05, 3.63) is 29.8 Å². The van der Waals surface area contributed by atoms with Crippen LogP contribution in [-0.2, 0) is 14.3 Å². The average Bonchev–Trinajstić information content (AvgIpc) is 2.72. The van der Waals surface area contributed by atoms with Gasteiger partial charge in [-0.05, 0) is 38.8 Å². The van der Waals surface area contributed by atoms with Crippen LogP contribution in [0.1, 0.15) is 39.2 Å². The number of rotatable bonds is 2. The van der Waals surface area contributed by atoms with Crippen LogP contribution >= 0.6 is 0 Å². The molecule has 1 heterocycles. The van der Waals surface area contributed by atoms with E-state index < -0.39 is 16.4 Å². The van der Waals surface area contributed by atoms with Crippen LogP contribution < -0.4 is 5.32 Å². The molecule has 0 radical (unpaired) electrons. The summed E-state index contributed by atoms with van der Waals surface area (Å²) in [6, 6.07) is 7.61. The number of carbonyl (C=O) groups excluding carboxylic acids is 2. The van der Waals surface area contributed by atoms with Crippen molar-refractivity contribution in [2.45, 2.75) is 46.1 Å². The highest BCUT2D eigenvalue weighted by atomic mass is 16.6. The van der Waals surface area contributed by atoms with Gasteiger partial charge >= 0.3 is 5.97 Å². The monoisotopic (exact) mass is 287 g/mol. The van der Waals surface area contributed by atoms with Gasteiger partial charge in [0.05, 0.1) is 5.41 Å². The van der Waals surface area contributed by atoms with Crippen molar-refractivity contribution in [2.24, 2.45) is 10.8 Å². The van der Waals surface area contributed by atoms with Gasteiger partial charge in [0.25, 0.3) is 5.91 Å². The van der Waals surface area contributed by atoms with Gasteiger partial charge < -0.3 is 10.1 Å². The summed E-state index contributed by atoms with van der Waals surface area (Å²) in [5, 5.41) is 2.91. The third kappa shape index (κ3) is 1.62. The molecule has 2 fully saturated rings. The number of fused-ring (bicyclic) bond motifs is 2. The van der Waals surface area contributed by atoms with E-state index in [4.69, 9.17) is 4.74 Å². The number of hydrogen-bond acceptors (Lipinski definition) is 3. The summed E-state index contributed by atoms with van der Waals surface area (Å²) in [7, 11) is 0. The molecule has 4 nitrogen and oxygen atoms in total. The van der Waals surface area contributed by atoms with Gasteiger partial charge in [-0.3, -0.25) is 9.59 Å². The maximum atomic E-state index is 12.8. The molecule has 0 aromatic heterocycles. The molecule has 1 aliphatic carbocycles. The largest absolute Gasteiger partial charge is 0.448 e. The zero-order valence-electron chi connectivity index (χ0n) is 12.9. The second-order valence-electron chi connectivity index (χ2n) is 6.99. The van der Waals surface area contributed by atoms with Crippen molar-refractivity contribution in [3.63, 3.8) is 0 Å². The predicted octanol–water partition coefficient (Wildman–Crippen LogP) is 3.06. The van der Waals surface area contributed by atoms with Crippen molar-refractivity contribution < 1.29 is 14.3 Å². The molecule has 1 aliphatic heterocycles. The lowest BCUT2D eigenvalue weighted by atomic mass is 9.66. The molecule has 1 saturated heterocycles. The lowest BCUT2D eigenvalue weighted by Crippen LogP contribution is -2.50. The molecule has 1 aromatic rings. The minimum Gasteiger partial charge on any atom is -0.448 e. The van der Waals surface area contributed by atoms with E-state index in [-0.39, 0.29) is 11.9 Å². The molecule has 0 unspecified atom stereocenters. The van der Waals surface area contributed by atoms with Gasteiger partial charge in [-0.1, -0.05) is 31.5 Å². The van der Waals surface area contributed by atoms with Gasteiger partial charge in [0.1, 0.15) is 0 Å². The van der Waals surface area contributed by atoms with Crippen molar-refractivity contribution in [1.29, 1.82) is 0 Å². The normalized spacial score (nSPS) is 32.9. The summed E-state index contributed by atoms with van der Waals surface area (Å²) in [5.41, 5.74) is -0.271. The van der Waals surface area contributed by atoms with Crippen molar-refractivity contribution in [3.8, 4) is 0 Å². The zero-order valence-corrected chi connectivity index (χ0v) is 12.9.